The Morgan fingerprint density at radius 2 is 1.71 bits per heavy atom. The normalized spacial score (nSPS) is 17.5. The van der Waals surface area contributed by atoms with Crippen LogP contribution in [0.1, 0.15) is 43.4 Å². The molecule has 1 N–H and O–H groups in total. The molecule has 0 saturated heterocycles. The van der Waals surface area contributed by atoms with Crippen LogP contribution in [0.2, 0.25) is 0 Å². The van der Waals surface area contributed by atoms with Gasteiger partial charge in [0.15, 0.2) is 0 Å². The first kappa shape index (κ1) is 12.6. The monoisotopic (exact) mass is 231 g/mol. The zero-order valence-electron chi connectivity index (χ0n) is 11.6. The average Bonchev–Trinajstić information content (AvgIpc) is 2.97. The van der Waals surface area contributed by atoms with E-state index < -0.39 is 0 Å². The van der Waals surface area contributed by atoms with Crippen LogP contribution < -0.4 is 5.32 Å². The van der Waals surface area contributed by atoms with Gasteiger partial charge in [-0.3, -0.25) is 0 Å². The van der Waals surface area contributed by atoms with E-state index in [4.69, 9.17) is 0 Å². The zero-order valence-corrected chi connectivity index (χ0v) is 11.6. The van der Waals surface area contributed by atoms with Crippen molar-refractivity contribution < 1.29 is 0 Å². The van der Waals surface area contributed by atoms with Crippen LogP contribution >= 0.6 is 0 Å². The lowest BCUT2D eigenvalue weighted by atomic mass is 9.92. The Kier molecular flexibility index (Phi) is 3.58. The predicted molar refractivity (Wildman–Crippen MR) is 74.1 cm³/mol. The van der Waals surface area contributed by atoms with Crippen molar-refractivity contribution >= 4 is 0 Å². The first-order valence-corrected chi connectivity index (χ1v) is 6.80. The van der Waals surface area contributed by atoms with Gasteiger partial charge in [0.05, 0.1) is 0 Å². The highest BCUT2D eigenvalue weighted by Gasteiger charge is 2.44. The summed E-state index contributed by atoms with van der Waals surface area (Å²) >= 11 is 0. The summed E-state index contributed by atoms with van der Waals surface area (Å²) < 4.78 is 0. The fraction of sp³-hybridized carbons (Fsp3) is 0.625. The summed E-state index contributed by atoms with van der Waals surface area (Å²) in [6.07, 6.45) is 2.81. The molecule has 1 saturated carbocycles. The Morgan fingerprint density at radius 1 is 1.12 bits per heavy atom. The topological polar surface area (TPSA) is 12.0 Å². The molecule has 0 aliphatic heterocycles. The van der Waals surface area contributed by atoms with E-state index in [0.29, 0.717) is 5.41 Å². The van der Waals surface area contributed by atoms with Gasteiger partial charge in [-0.25, -0.2) is 0 Å². The number of hydrogen-bond donors (Lipinski definition) is 1. The fourth-order valence-corrected chi connectivity index (χ4v) is 2.75. The van der Waals surface area contributed by atoms with E-state index in [-0.39, 0.29) is 0 Å². The maximum atomic E-state index is 3.64. The molecule has 0 aromatic heterocycles. The van der Waals surface area contributed by atoms with Crippen molar-refractivity contribution in [3.8, 4) is 0 Å². The van der Waals surface area contributed by atoms with Crippen LogP contribution in [0.5, 0.6) is 0 Å². The van der Waals surface area contributed by atoms with E-state index in [1.165, 1.54) is 36.1 Å². The molecule has 1 aromatic rings. The molecule has 94 valence electrons. The van der Waals surface area contributed by atoms with Crippen LogP contribution in [-0.4, -0.2) is 6.54 Å². The molecule has 17 heavy (non-hydrogen) atoms. The van der Waals surface area contributed by atoms with Crippen molar-refractivity contribution in [1.29, 1.82) is 0 Å². The van der Waals surface area contributed by atoms with Gasteiger partial charge in [-0.15, -0.1) is 0 Å². The molecule has 0 heterocycles. The highest BCUT2D eigenvalue weighted by atomic mass is 14.9. The van der Waals surface area contributed by atoms with Crippen LogP contribution in [-0.2, 0) is 6.54 Å². The second-order valence-corrected chi connectivity index (χ2v) is 6.12. The molecule has 0 unspecified atom stereocenters. The largest absolute Gasteiger partial charge is 0.312 e. The molecule has 0 spiro atoms. The second kappa shape index (κ2) is 4.81. The average molecular weight is 231 g/mol. The summed E-state index contributed by atoms with van der Waals surface area (Å²) in [5.41, 5.74) is 4.76. The molecule has 1 aliphatic carbocycles. The predicted octanol–water partition coefficient (Wildman–Crippen LogP) is 3.83. The van der Waals surface area contributed by atoms with Crippen molar-refractivity contribution in [2.24, 2.45) is 11.3 Å². The summed E-state index contributed by atoms with van der Waals surface area (Å²) in [5, 5.41) is 3.64. The summed E-state index contributed by atoms with van der Waals surface area (Å²) in [6, 6.07) is 6.81. The van der Waals surface area contributed by atoms with Crippen molar-refractivity contribution in [1.82, 2.24) is 5.32 Å². The molecule has 1 aliphatic rings. The van der Waals surface area contributed by atoms with Gasteiger partial charge in [0.25, 0.3) is 0 Å². The lowest BCUT2D eigenvalue weighted by Gasteiger charge is -2.20. The van der Waals surface area contributed by atoms with Gasteiger partial charge >= 0.3 is 0 Å². The SMILES string of the molecule is Cc1cc(C)cc(CNCC2(C(C)C)CC2)c1. The highest BCUT2D eigenvalue weighted by Crippen LogP contribution is 2.51. The molecule has 2 rings (SSSR count). The Labute approximate surface area is 106 Å². The van der Waals surface area contributed by atoms with Crippen LogP contribution in [0.15, 0.2) is 18.2 Å². The summed E-state index contributed by atoms with van der Waals surface area (Å²) in [6.45, 7) is 11.2. The Morgan fingerprint density at radius 3 is 2.18 bits per heavy atom. The Hall–Kier alpha value is -0.820. The Balaban J connectivity index is 1.86. The number of benzene rings is 1. The summed E-state index contributed by atoms with van der Waals surface area (Å²) in [5.74, 6) is 0.814. The number of hydrogen-bond acceptors (Lipinski definition) is 1. The van der Waals surface area contributed by atoms with Gasteiger partial charge in [0.2, 0.25) is 0 Å². The summed E-state index contributed by atoms with van der Waals surface area (Å²) in [4.78, 5) is 0. The van der Waals surface area contributed by atoms with E-state index in [2.05, 4.69) is 51.2 Å². The van der Waals surface area contributed by atoms with Crippen LogP contribution in [0.4, 0.5) is 0 Å². The van der Waals surface area contributed by atoms with Crippen LogP contribution in [0.25, 0.3) is 0 Å². The molecule has 1 nitrogen and oxygen atoms in total. The number of nitrogens with one attached hydrogen (secondary N) is 1. The van der Waals surface area contributed by atoms with Crippen molar-refractivity contribution in [3.63, 3.8) is 0 Å². The van der Waals surface area contributed by atoms with Gasteiger partial charge in [-0.2, -0.15) is 0 Å². The van der Waals surface area contributed by atoms with Gasteiger partial charge in [-0.1, -0.05) is 43.2 Å². The van der Waals surface area contributed by atoms with Gasteiger partial charge in [0.1, 0.15) is 0 Å². The maximum Gasteiger partial charge on any atom is 0.0205 e. The quantitative estimate of drug-likeness (QED) is 0.812. The Bertz CT molecular complexity index is 368. The van der Waals surface area contributed by atoms with Crippen molar-refractivity contribution in [2.45, 2.75) is 47.1 Å². The van der Waals surface area contributed by atoms with Crippen LogP contribution in [0.3, 0.4) is 0 Å². The highest BCUT2D eigenvalue weighted by molar-refractivity contribution is 5.28. The second-order valence-electron chi connectivity index (χ2n) is 6.12. The van der Waals surface area contributed by atoms with Crippen molar-refractivity contribution in [3.05, 3.63) is 34.9 Å². The van der Waals surface area contributed by atoms with Crippen LogP contribution in [0, 0.1) is 25.2 Å². The van der Waals surface area contributed by atoms with E-state index in [0.717, 1.165) is 12.5 Å². The fourth-order valence-electron chi connectivity index (χ4n) is 2.75. The van der Waals surface area contributed by atoms with Gasteiger partial charge < -0.3 is 5.32 Å². The lowest BCUT2D eigenvalue weighted by Crippen LogP contribution is -2.27. The minimum Gasteiger partial charge on any atom is -0.312 e. The zero-order chi connectivity index (χ0) is 12.5. The minimum atomic E-state index is 0.610. The minimum absolute atomic E-state index is 0.610. The van der Waals surface area contributed by atoms with Gasteiger partial charge in [0, 0.05) is 13.1 Å². The molecule has 0 amide bonds. The first-order chi connectivity index (χ1) is 8.02. The maximum absolute atomic E-state index is 3.64. The van der Waals surface area contributed by atoms with E-state index >= 15 is 0 Å². The number of rotatable bonds is 5. The molecule has 1 heteroatoms. The van der Waals surface area contributed by atoms with E-state index in [1.807, 2.05) is 0 Å². The molecular formula is C16H25N. The van der Waals surface area contributed by atoms with Crippen molar-refractivity contribution in [2.75, 3.05) is 6.54 Å². The standard InChI is InChI=1S/C16H25N/c1-12(2)16(5-6-16)11-17-10-15-8-13(3)7-14(4)9-15/h7-9,12,17H,5-6,10-11H2,1-4H3. The third-order valence-corrected chi connectivity index (χ3v) is 4.20. The third-order valence-electron chi connectivity index (χ3n) is 4.20. The van der Waals surface area contributed by atoms with Gasteiger partial charge in [-0.05, 0) is 43.6 Å². The number of aryl methyl sites for hydroxylation is 2. The molecule has 0 radical (unpaired) electrons. The molecule has 0 bridgehead atoms. The smallest absolute Gasteiger partial charge is 0.0205 e. The molecule has 1 aromatic carbocycles. The van der Waals surface area contributed by atoms with E-state index in [9.17, 15) is 0 Å². The third kappa shape index (κ3) is 3.10. The summed E-state index contributed by atoms with van der Waals surface area (Å²) in [7, 11) is 0. The lowest BCUT2D eigenvalue weighted by molar-refractivity contribution is 0.338. The molecule has 1 fully saturated rings. The first-order valence-electron chi connectivity index (χ1n) is 6.80. The van der Waals surface area contributed by atoms with E-state index in [1.54, 1.807) is 0 Å². The molecule has 0 atom stereocenters. The molecular weight excluding hydrogens is 206 g/mol.